The van der Waals surface area contributed by atoms with E-state index >= 15 is 0 Å². The van der Waals surface area contributed by atoms with E-state index in [-0.39, 0.29) is 5.91 Å². The van der Waals surface area contributed by atoms with Crippen LogP contribution in [0.4, 0.5) is 0 Å². The molecule has 0 bridgehead atoms. The van der Waals surface area contributed by atoms with Crippen LogP contribution in [0.5, 0.6) is 0 Å². The standard InChI is InChI=1S/C12H19N3O2/c1-13-8-10-9-15(6-5-14(10)2)12(16)11-4-3-7-17-11/h3-4,7,10,13H,5-6,8-9H2,1-2H3. The molecule has 1 atom stereocenters. The number of carbonyl (C=O) groups excluding carboxylic acids is 1. The van der Waals surface area contributed by atoms with E-state index in [1.165, 1.54) is 6.26 Å². The first-order valence-electron chi connectivity index (χ1n) is 5.90. The number of carbonyl (C=O) groups is 1. The number of piperazine rings is 1. The SMILES string of the molecule is CNCC1CN(C(=O)c2ccco2)CCN1C. The van der Waals surface area contributed by atoms with E-state index in [4.69, 9.17) is 4.42 Å². The molecule has 1 amide bonds. The molecule has 1 N–H and O–H groups in total. The van der Waals surface area contributed by atoms with Gasteiger partial charge in [0, 0.05) is 32.2 Å². The van der Waals surface area contributed by atoms with Gasteiger partial charge < -0.3 is 14.6 Å². The molecule has 1 aromatic heterocycles. The van der Waals surface area contributed by atoms with Crippen molar-refractivity contribution in [1.82, 2.24) is 15.1 Å². The van der Waals surface area contributed by atoms with Gasteiger partial charge in [-0.25, -0.2) is 0 Å². The summed E-state index contributed by atoms with van der Waals surface area (Å²) in [6.45, 7) is 3.30. The minimum absolute atomic E-state index is 0.01000. The zero-order chi connectivity index (χ0) is 12.3. The maximum absolute atomic E-state index is 12.1. The van der Waals surface area contributed by atoms with E-state index < -0.39 is 0 Å². The number of nitrogens with one attached hydrogen (secondary N) is 1. The van der Waals surface area contributed by atoms with Crippen molar-refractivity contribution < 1.29 is 9.21 Å². The van der Waals surface area contributed by atoms with Crippen LogP contribution in [0.25, 0.3) is 0 Å². The van der Waals surface area contributed by atoms with Crippen LogP contribution in [0.3, 0.4) is 0 Å². The lowest BCUT2D eigenvalue weighted by Crippen LogP contribution is -2.56. The summed E-state index contributed by atoms with van der Waals surface area (Å²) in [7, 11) is 4.03. The Morgan fingerprint density at radius 3 is 3.06 bits per heavy atom. The molecule has 1 saturated heterocycles. The summed E-state index contributed by atoms with van der Waals surface area (Å²) in [6, 6.07) is 3.83. The summed E-state index contributed by atoms with van der Waals surface area (Å²) in [5.74, 6) is 0.418. The van der Waals surface area contributed by atoms with Gasteiger partial charge in [-0.3, -0.25) is 9.69 Å². The van der Waals surface area contributed by atoms with Gasteiger partial charge in [-0.15, -0.1) is 0 Å². The molecular formula is C12H19N3O2. The van der Waals surface area contributed by atoms with E-state index in [0.29, 0.717) is 11.8 Å². The predicted molar refractivity (Wildman–Crippen MR) is 65.0 cm³/mol. The number of amides is 1. The molecule has 2 heterocycles. The molecule has 5 heteroatoms. The van der Waals surface area contributed by atoms with Gasteiger partial charge in [0.1, 0.15) is 0 Å². The number of furan rings is 1. The summed E-state index contributed by atoms with van der Waals surface area (Å²) >= 11 is 0. The highest BCUT2D eigenvalue weighted by molar-refractivity contribution is 5.91. The van der Waals surface area contributed by atoms with Gasteiger partial charge in [-0.05, 0) is 26.2 Å². The maximum Gasteiger partial charge on any atom is 0.289 e. The van der Waals surface area contributed by atoms with Crippen molar-refractivity contribution in [2.75, 3.05) is 40.3 Å². The summed E-state index contributed by atoms with van der Waals surface area (Å²) < 4.78 is 5.15. The van der Waals surface area contributed by atoms with Crippen LogP contribution in [0.1, 0.15) is 10.6 Å². The molecule has 2 rings (SSSR count). The second-order valence-corrected chi connectivity index (χ2v) is 4.42. The third-order valence-electron chi connectivity index (χ3n) is 3.24. The molecule has 1 fully saturated rings. The molecule has 0 aliphatic carbocycles. The number of nitrogens with zero attached hydrogens (tertiary/aromatic N) is 2. The van der Waals surface area contributed by atoms with Gasteiger partial charge in [0.2, 0.25) is 0 Å². The van der Waals surface area contributed by atoms with Crippen LogP contribution in [-0.2, 0) is 0 Å². The Balaban J connectivity index is 2.00. The second kappa shape index (κ2) is 5.33. The summed E-state index contributed by atoms with van der Waals surface area (Å²) in [4.78, 5) is 16.3. The predicted octanol–water partition coefficient (Wildman–Crippen LogP) is 0.255. The Morgan fingerprint density at radius 2 is 2.41 bits per heavy atom. The molecule has 0 aromatic carbocycles. The van der Waals surface area contributed by atoms with E-state index in [9.17, 15) is 4.79 Å². The molecule has 94 valence electrons. The second-order valence-electron chi connectivity index (χ2n) is 4.42. The average Bonchev–Trinajstić information content (AvgIpc) is 2.85. The Kier molecular flexibility index (Phi) is 3.81. The third-order valence-corrected chi connectivity index (χ3v) is 3.24. The first-order valence-corrected chi connectivity index (χ1v) is 5.90. The monoisotopic (exact) mass is 237 g/mol. The van der Waals surface area contributed by atoms with Gasteiger partial charge in [-0.1, -0.05) is 0 Å². The molecule has 0 radical (unpaired) electrons. The average molecular weight is 237 g/mol. The lowest BCUT2D eigenvalue weighted by atomic mass is 10.1. The van der Waals surface area contributed by atoms with E-state index in [1.807, 2.05) is 11.9 Å². The lowest BCUT2D eigenvalue weighted by Gasteiger charge is -2.39. The van der Waals surface area contributed by atoms with Crippen LogP contribution in [0.15, 0.2) is 22.8 Å². The molecule has 0 saturated carbocycles. The molecule has 0 spiro atoms. The maximum atomic E-state index is 12.1. The minimum Gasteiger partial charge on any atom is -0.459 e. The van der Waals surface area contributed by atoms with E-state index in [2.05, 4.69) is 17.3 Å². The van der Waals surface area contributed by atoms with Crippen LogP contribution < -0.4 is 5.32 Å². The molecule has 1 unspecified atom stereocenters. The van der Waals surface area contributed by atoms with Gasteiger partial charge in [0.15, 0.2) is 5.76 Å². The van der Waals surface area contributed by atoms with Crippen LogP contribution in [0, 0.1) is 0 Å². The lowest BCUT2D eigenvalue weighted by molar-refractivity contribution is 0.0521. The van der Waals surface area contributed by atoms with Gasteiger partial charge in [-0.2, -0.15) is 0 Å². The first kappa shape index (κ1) is 12.1. The van der Waals surface area contributed by atoms with Crippen molar-refractivity contribution >= 4 is 5.91 Å². The van der Waals surface area contributed by atoms with Crippen molar-refractivity contribution in [3.05, 3.63) is 24.2 Å². The zero-order valence-corrected chi connectivity index (χ0v) is 10.3. The smallest absolute Gasteiger partial charge is 0.289 e. The molecular weight excluding hydrogens is 218 g/mol. The van der Waals surface area contributed by atoms with E-state index in [0.717, 1.165) is 26.2 Å². The van der Waals surface area contributed by atoms with Crippen molar-refractivity contribution in [3.63, 3.8) is 0 Å². The summed E-state index contributed by atoms with van der Waals surface area (Å²) in [5, 5.41) is 3.16. The molecule has 5 nitrogen and oxygen atoms in total. The van der Waals surface area contributed by atoms with E-state index in [1.54, 1.807) is 12.1 Å². The first-order chi connectivity index (χ1) is 8.22. The zero-order valence-electron chi connectivity index (χ0n) is 10.3. The fraction of sp³-hybridized carbons (Fsp3) is 0.583. The summed E-state index contributed by atoms with van der Waals surface area (Å²) in [6.07, 6.45) is 1.54. The largest absolute Gasteiger partial charge is 0.459 e. The third kappa shape index (κ3) is 2.68. The molecule has 1 aliphatic heterocycles. The fourth-order valence-electron chi connectivity index (χ4n) is 2.14. The summed E-state index contributed by atoms with van der Waals surface area (Å²) in [5.41, 5.74) is 0. The molecule has 1 aliphatic rings. The Hall–Kier alpha value is -1.33. The Labute approximate surface area is 101 Å². The van der Waals surface area contributed by atoms with Gasteiger partial charge >= 0.3 is 0 Å². The highest BCUT2D eigenvalue weighted by Gasteiger charge is 2.28. The van der Waals surface area contributed by atoms with Crippen LogP contribution >= 0.6 is 0 Å². The fourth-order valence-corrected chi connectivity index (χ4v) is 2.14. The van der Waals surface area contributed by atoms with Gasteiger partial charge in [0.25, 0.3) is 5.91 Å². The number of likely N-dealkylation sites (N-methyl/N-ethyl adjacent to an activating group) is 2. The highest BCUT2D eigenvalue weighted by Crippen LogP contribution is 2.12. The van der Waals surface area contributed by atoms with Crippen LogP contribution in [0.2, 0.25) is 0 Å². The van der Waals surface area contributed by atoms with Crippen molar-refractivity contribution in [3.8, 4) is 0 Å². The Morgan fingerprint density at radius 1 is 1.59 bits per heavy atom. The van der Waals surface area contributed by atoms with Crippen molar-refractivity contribution in [1.29, 1.82) is 0 Å². The van der Waals surface area contributed by atoms with Gasteiger partial charge in [0.05, 0.1) is 6.26 Å². The molecule has 17 heavy (non-hydrogen) atoms. The van der Waals surface area contributed by atoms with Crippen molar-refractivity contribution in [2.45, 2.75) is 6.04 Å². The number of hydrogen-bond acceptors (Lipinski definition) is 4. The quantitative estimate of drug-likeness (QED) is 0.819. The van der Waals surface area contributed by atoms with Crippen molar-refractivity contribution in [2.24, 2.45) is 0 Å². The minimum atomic E-state index is -0.01000. The number of hydrogen-bond donors (Lipinski definition) is 1. The highest BCUT2D eigenvalue weighted by atomic mass is 16.3. The number of rotatable bonds is 3. The Bertz CT molecular complexity index is 364. The molecule has 1 aromatic rings. The normalized spacial score (nSPS) is 21.8. The topological polar surface area (TPSA) is 48.7 Å². The van der Waals surface area contributed by atoms with Crippen LogP contribution in [-0.4, -0.2) is 62.0 Å².